The van der Waals surface area contributed by atoms with E-state index in [9.17, 15) is 13.6 Å². The van der Waals surface area contributed by atoms with Gasteiger partial charge >= 0.3 is 0 Å². The molecule has 1 aliphatic rings. The lowest BCUT2D eigenvalue weighted by Gasteiger charge is -2.44. The molecule has 0 saturated carbocycles. The van der Waals surface area contributed by atoms with Gasteiger partial charge < -0.3 is 10.3 Å². The summed E-state index contributed by atoms with van der Waals surface area (Å²) in [6.07, 6.45) is 1.57. The maximum atomic E-state index is 10.6. The van der Waals surface area contributed by atoms with Gasteiger partial charge in [0.05, 0.1) is 0 Å². The molecule has 1 saturated heterocycles. The van der Waals surface area contributed by atoms with Crippen LogP contribution in [-0.4, -0.2) is 31.7 Å². The van der Waals surface area contributed by atoms with E-state index in [-0.39, 0.29) is 0 Å². The predicted octanol–water partition coefficient (Wildman–Crippen LogP) is -0.439. The van der Waals surface area contributed by atoms with Crippen molar-refractivity contribution in [2.45, 2.75) is 11.8 Å². The van der Waals surface area contributed by atoms with Gasteiger partial charge in [-0.05, 0) is 13.0 Å². The highest BCUT2D eigenvalue weighted by Crippen LogP contribution is 2.19. The molecule has 0 radical (unpaired) electrons. The van der Waals surface area contributed by atoms with Crippen molar-refractivity contribution in [2.75, 3.05) is 12.8 Å². The molecule has 0 amide bonds. The molecule has 1 aliphatic heterocycles. The summed E-state index contributed by atoms with van der Waals surface area (Å²) >= 11 is 0. The normalized spacial score (nSPS) is 29.8. The highest BCUT2D eigenvalue weighted by atomic mass is 32.2. The average molecular weight is 150 g/mol. The van der Waals surface area contributed by atoms with Crippen LogP contribution >= 0.6 is 0 Å². The highest BCUT2D eigenvalue weighted by Gasteiger charge is 2.28. The lowest BCUT2D eigenvalue weighted by molar-refractivity contribution is 0.222. The molecule has 1 unspecified atom stereocenters. The minimum absolute atomic E-state index is 0.359. The Bertz CT molecular complexity index is 198. The van der Waals surface area contributed by atoms with E-state index in [0.717, 1.165) is 6.26 Å². The molecule has 0 bridgehead atoms. The van der Waals surface area contributed by atoms with Crippen molar-refractivity contribution in [1.29, 1.82) is 0 Å². The fourth-order valence-electron chi connectivity index (χ4n) is 0.768. The molecular weight excluding hydrogens is 142 g/mol. The van der Waals surface area contributed by atoms with Crippen LogP contribution in [0.4, 0.5) is 0 Å². The molecule has 0 aromatic heterocycles. The van der Waals surface area contributed by atoms with Gasteiger partial charge in [-0.3, -0.25) is 0 Å². The molecule has 54 valence electrons. The van der Waals surface area contributed by atoms with Crippen LogP contribution in [0.1, 0.15) is 6.42 Å². The molecule has 1 fully saturated rings. The summed E-state index contributed by atoms with van der Waals surface area (Å²) in [4.78, 5) is 0. The van der Waals surface area contributed by atoms with E-state index < -0.39 is 15.2 Å². The Kier molecular flexibility index (Phi) is 1.50. The summed E-state index contributed by atoms with van der Waals surface area (Å²) < 4.78 is 21.2. The summed E-state index contributed by atoms with van der Waals surface area (Å²) in [5.74, 6) is 0. The van der Waals surface area contributed by atoms with Crippen LogP contribution in [0.5, 0.6) is 0 Å². The molecule has 1 atom stereocenters. The molecule has 1 heterocycles. The van der Waals surface area contributed by atoms with Crippen LogP contribution in [0.25, 0.3) is 0 Å². The standard InChI is InChI=1S/C4H8NO3S/c1-9(7,8)4-2-3-5(4)6/h4H,2-3H2,1H3/q-1. The Hall–Kier alpha value is -0.130. The smallest absolute Gasteiger partial charge is 0.162 e. The minimum Gasteiger partial charge on any atom is -0.784 e. The fourth-order valence-corrected chi connectivity index (χ4v) is 1.83. The summed E-state index contributed by atoms with van der Waals surface area (Å²) in [6.45, 7) is 0.359. The second-order valence-corrected chi connectivity index (χ2v) is 4.42. The molecule has 0 aliphatic carbocycles. The second kappa shape index (κ2) is 1.93. The number of rotatable bonds is 1. The van der Waals surface area contributed by atoms with Gasteiger partial charge in [0.1, 0.15) is 5.37 Å². The van der Waals surface area contributed by atoms with Gasteiger partial charge in [-0.2, -0.15) is 0 Å². The molecule has 4 nitrogen and oxygen atoms in total. The summed E-state index contributed by atoms with van der Waals surface area (Å²) in [5, 5.41) is 10.3. The van der Waals surface area contributed by atoms with Crippen molar-refractivity contribution in [1.82, 2.24) is 5.06 Å². The van der Waals surface area contributed by atoms with Crippen molar-refractivity contribution in [3.63, 3.8) is 0 Å². The topological polar surface area (TPSA) is 60.4 Å². The maximum absolute atomic E-state index is 10.6. The monoisotopic (exact) mass is 150 g/mol. The van der Waals surface area contributed by atoms with Crippen LogP contribution < -0.4 is 0 Å². The minimum atomic E-state index is -3.10. The Labute approximate surface area is 54.0 Å². The molecule has 9 heavy (non-hydrogen) atoms. The van der Waals surface area contributed by atoms with Crippen molar-refractivity contribution < 1.29 is 8.42 Å². The Morgan fingerprint density at radius 2 is 2.22 bits per heavy atom. The Morgan fingerprint density at radius 1 is 1.67 bits per heavy atom. The fraction of sp³-hybridized carbons (Fsp3) is 1.00. The van der Waals surface area contributed by atoms with Crippen molar-refractivity contribution in [3.05, 3.63) is 5.21 Å². The number of hydrogen-bond acceptors (Lipinski definition) is 4. The van der Waals surface area contributed by atoms with Crippen molar-refractivity contribution >= 4 is 9.84 Å². The zero-order valence-corrected chi connectivity index (χ0v) is 5.89. The van der Waals surface area contributed by atoms with Crippen molar-refractivity contribution in [2.24, 2.45) is 0 Å². The SMILES string of the molecule is CS(=O)(=O)C1CCN1[O-]. The lowest BCUT2D eigenvalue weighted by Crippen LogP contribution is -2.47. The molecule has 0 aromatic rings. The summed E-state index contributed by atoms with van der Waals surface area (Å²) in [7, 11) is -3.10. The Balaban J connectivity index is 2.66. The van der Waals surface area contributed by atoms with E-state index in [1.54, 1.807) is 0 Å². The van der Waals surface area contributed by atoms with E-state index in [2.05, 4.69) is 0 Å². The van der Waals surface area contributed by atoms with Gasteiger partial charge in [0.25, 0.3) is 0 Å². The molecule has 0 aromatic carbocycles. The average Bonchev–Trinajstić information content (AvgIpc) is 1.57. The third-order valence-electron chi connectivity index (χ3n) is 1.41. The molecule has 0 spiro atoms. The van der Waals surface area contributed by atoms with Crippen LogP contribution in [0, 0.1) is 5.21 Å². The zero-order chi connectivity index (χ0) is 7.07. The summed E-state index contributed by atoms with van der Waals surface area (Å²) in [5.41, 5.74) is 0. The van der Waals surface area contributed by atoms with Crippen LogP contribution in [-0.2, 0) is 9.84 Å². The molecular formula is C4H8NO3S-. The third-order valence-corrected chi connectivity index (χ3v) is 2.87. The molecule has 1 rings (SSSR count). The van der Waals surface area contributed by atoms with Gasteiger partial charge in [-0.15, -0.1) is 0 Å². The zero-order valence-electron chi connectivity index (χ0n) is 5.07. The quantitative estimate of drug-likeness (QED) is 0.508. The van der Waals surface area contributed by atoms with E-state index in [4.69, 9.17) is 0 Å². The number of sulfone groups is 1. The predicted molar refractivity (Wildman–Crippen MR) is 33.3 cm³/mol. The van der Waals surface area contributed by atoms with Crippen molar-refractivity contribution in [3.8, 4) is 0 Å². The van der Waals surface area contributed by atoms with E-state index in [0.29, 0.717) is 18.0 Å². The van der Waals surface area contributed by atoms with E-state index in [1.807, 2.05) is 0 Å². The first-order chi connectivity index (χ1) is 4.02. The number of hydrogen-bond donors (Lipinski definition) is 0. The van der Waals surface area contributed by atoms with Gasteiger partial charge in [0.2, 0.25) is 0 Å². The Morgan fingerprint density at radius 3 is 2.22 bits per heavy atom. The third kappa shape index (κ3) is 1.23. The largest absolute Gasteiger partial charge is 0.784 e. The number of hydroxylamine groups is 2. The van der Waals surface area contributed by atoms with Gasteiger partial charge in [-0.25, -0.2) is 8.42 Å². The van der Waals surface area contributed by atoms with E-state index in [1.165, 1.54) is 0 Å². The molecule has 5 heteroatoms. The van der Waals surface area contributed by atoms with Gasteiger partial charge in [0.15, 0.2) is 9.84 Å². The lowest BCUT2D eigenvalue weighted by atomic mass is 10.3. The highest BCUT2D eigenvalue weighted by molar-refractivity contribution is 7.91. The van der Waals surface area contributed by atoms with Crippen LogP contribution in [0.3, 0.4) is 0 Å². The number of nitrogens with zero attached hydrogens (tertiary/aromatic N) is 1. The summed E-state index contributed by atoms with van der Waals surface area (Å²) in [6, 6.07) is 0. The first-order valence-electron chi connectivity index (χ1n) is 2.64. The maximum Gasteiger partial charge on any atom is 0.162 e. The van der Waals surface area contributed by atoms with E-state index >= 15 is 0 Å². The van der Waals surface area contributed by atoms with Crippen LogP contribution in [0.2, 0.25) is 0 Å². The van der Waals surface area contributed by atoms with Crippen LogP contribution in [0.15, 0.2) is 0 Å². The van der Waals surface area contributed by atoms with Gasteiger partial charge in [0, 0.05) is 6.26 Å². The van der Waals surface area contributed by atoms with Gasteiger partial charge in [-0.1, -0.05) is 0 Å². The molecule has 0 N–H and O–H groups in total. The second-order valence-electron chi connectivity index (χ2n) is 2.21. The first kappa shape index (κ1) is 6.98. The first-order valence-corrected chi connectivity index (χ1v) is 4.60.